The Morgan fingerprint density at radius 2 is 2.21 bits per heavy atom. The second-order valence-electron chi connectivity index (χ2n) is 5.05. The number of carboxylic acid groups (broad SMARTS) is 1. The highest BCUT2D eigenvalue weighted by atomic mass is 16.5. The van der Waals surface area contributed by atoms with Crippen molar-refractivity contribution in [2.75, 3.05) is 20.8 Å². The Hall–Kier alpha value is -3.13. The fraction of sp³-hybridized carbons (Fsp3) is 0.429. The van der Waals surface area contributed by atoms with Gasteiger partial charge in [-0.3, -0.25) is 4.79 Å². The van der Waals surface area contributed by atoms with E-state index in [4.69, 9.17) is 20.1 Å². The van der Waals surface area contributed by atoms with Crippen LogP contribution in [0.4, 0.5) is 4.79 Å². The van der Waals surface area contributed by atoms with Crippen LogP contribution in [0, 0.1) is 0 Å². The molecule has 0 aromatic heterocycles. The lowest BCUT2D eigenvalue weighted by Crippen LogP contribution is -2.71. The summed E-state index contributed by atoms with van der Waals surface area (Å²) in [6, 6.07) is 3.72. The first kappa shape index (κ1) is 17.2. The van der Waals surface area contributed by atoms with E-state index < -0.39 is 18.2 Å². The SMILES string of the molecule is COc1ccc(CN2C(=O)[C@@H](NC(=O)O)[C@@H]2CN=[N+]=[N-])c(OC)c1. The van der Waals surface area contributed by atoms with Crippen LogP contribution >= 0.6 is 0 Å². The predicted octanol–water partition coefficient (Wildman–Crippen LogP) is 1.36. The molecule has 0 radical (unpaired) electrons. The number of benzene rings is 1. The largest absolute Gasteiger partial charge is 0.497 e. The number of carbonyl (C=O) groups excluding carboxylic acids is 1. The molecule has 0 spiro atoms. The first-order valence-corrected chi connectivity index (χ1v) is 7.03. The average Bonchev–Trinajstić information content (AvgIpc) is 2.59. The van der Waals surface area contributed by atoms with Crippen molar-refractivity contribution in [3.8, 4) is 11.5 Å². The molecular weight excluding hydrogens is 318 g/mol. The highest BCUT2D eigenvalue weighted by Gasteiger charge is 2.47. The fourth-order valence-electron chi connectivity index (χ4n) is 2.58. The van der Waals surface area contributed by atoms with Crippen molar-refractivity contribution in [2.45, 2.75) is 18.6 Å². The molecular formula is C14H17N5O5. The molecule has 1 saturated heterocycles. The Kier molecular flexibility index (Phi) is 5.33. The molecule has 2 amide bonds. The Labute approximate surface area is 137 Å². The van der Waals surface area contributed by atoms with Crippen molar-refractivity contribution >= 4 is 12.0 Å². The standard InChI is InChI=1S/C14H17N5O5/c1-23-9-4-3-8(11(5-9)24-2)7-19-10(6-16-18-15)12(13(19)20)17-14(21)22/h3-5,10,12,17H,6-7H2,1-2H3,(H,21,22)/t10-,12-/m0/s1. The molecule has 0 unspecified atom stereocenters. The van der Waals surface area contributed by atoms with Crippen LogP contribution in [-0.4, -0.2) is 54.9 Å². The minimum absolute atomic E-state index is 0.0222. The molecule has 24 heavy (non-hydrogen) atoms. The zero-order valence-corrected chi connectivity index (χ0v) is 13.2. The molecule has 10 nitrogen and oxygen atoms in total. The Morgan fingerprint density at radius 3 is 2.79 bits per heavy atom. The molecule has 2 rings (SSSR count). The Balaban J connectivity index is 2.19. The van der Waals surface area contributed by atoms with Crippen LogP contribution < -0.4 is 14.8 Å². The van der Waals surface area contributed by atoms with Crippen LogP contribution in [0.2, 0.25) is 0 Å². The van der Waals surface area contributed by atoms with Gasteiger partial charge in [-0.1, -0.05) is 5.11 Å². The molecule has 1 aliphatic rings. The van der Waals surface area contributed by atoms with Crippen LogP contribution in [0.1, 0.15) is 5.56 Å². The number of methoxy groups -OCH3 is 2. The van der Waals surface area contributed by atoms with Gasteiger partial charge in [0, 0.05) is 29.6 Å². The van der Waals surface area contributed by atoms with E-state index in [2.05, 4.69) is 15.3 Å². The van der Waals surface area contributed by atoms with Crippen LogP contribution in [0.15, 0.2) is 23.3 Å². The Morgan fingerprint density at radius 1 is 1.46 bits per heavy atom. The highest BCUT2D eigenvalue weighted by Crippen LogP contribution is 2.30. The van der Waals surface area contributed by atoms with Crippen LogP contribution in [-0.2, 0) is 11.3 Å². The van der Waals surface area contributed by atoms with Crippen molar-refractivity contribution < 1.29 is 24.2 Å². The topological polar surface area (TPSA) is 137 Å². The molecule has 10 heteroatoms. The lowest BCUT2D eigenvalue weighted by atomic mass is 9.94. The lowest BCUT2D eigenvalue weighted by molar-refractivity contribution is -0.151. The summed E-state index contributed by atoms with van der Waals surface area (Å²) in [5.74, 6) is 0.773. The fourth-order valence-corrected chi connectivity index (χ4v) is 2.58. The molecule has 1 aliphatic heterocycles. The number of hydrogen-bond acceptors (Lipinski definition) is 5. The van der Waals surface area contributed by atoms with Gasteiger partial charge >= 0.3 is 6.09 Å². The number of amides is 2. The number of rotatable bonds is 7. The number of β-lactam (4-membered cyclic amide) rings is 1. The maximum absolute atomic E-state index is 12.2. The molecule has 0 bridgehead atoms. The number of carbonyl (C=O) groups is 2. The smallest absolute Gasteiger partial charge is 0.405 e. The number of nitrogens with zero attached hydrogens (tertiary/aromatic N) is 4. The summed E-state index contributed by atoms with van der Waals surface area (Å²) < 4.78 is 10.4. The highest BCUT2D eigenvalue weighted by molar-refractivity contribution is 5.92. The molecule has 0 saturated carbocycles. The van der Waals surface area contributed by atoms with Crippen LogP contribution in [0.25, 0.3) is 10.4 Å². The summed E-state index contributed by atoms with van der Waals surface area (Å²) in [5.41, 5.74) is 9.20. The second-order valence-corrected chi connectivity index (χ2v) is 5.05. The first-order valence-electron chi connectivity index (χ1n) is 7.03. The molecule has 128 valence electrons. The lowest BCUT2D eigenvalue weighted by Gasteiger charge is -2.46. The van der Waals surface area contributed by atoms with E-state index >= 15 is 0 Å². The summed E-state index contributed by atoms with van der Waals surface area (Å²) >= 11 is 0. The van der Waals surface area contributed by atoms with Crippen molar-refractivity contribution in [3.63, 3.8) is 0 Å². The third-order valence-corrected chi connectivity index (χ3v) is 3.78. The second kappa shape index (κ2) is 7.42. The maximum Gasteiger partial charge on any atom is 0.405 e. The van der Waals surface area contributed by atoms with Gasteiger partial charge < -0.3 is 24.8 Å². The quantitative estimate of drug-likeness (QED) is 0.335. The molecule has 2 N–H and O–H groups in total. The van der Waals surface area contributed by atoms with E-state index in [1.165, 1.54) is 19.1 Å². The van der Waals surface area contributed by atoms with Gasteiger partial charge in [0.2, 0.25) is 5.91 Å². The summed E-state index contributed by atoms with van der Waals surface area (Å²) in [6.45, 7) is 0.182. The first-order chi connectivity index (χ1) is 11.5. The van der Waals surface area contributed by atoms with Gasteiger partial charge in [-0.05, 0) is 17.7 Å². The number of hydrogen-bond donors (Lipinski definition) is 2. The monoisotopic (exact) mass is 335 g/mol. The third kappa shape index (κ3) is 3.44. The summed E-state index contributed by atoms with van der Waals surface area (Å²) in [6.07, 6.45) is -1.30. The molecule has 1 aromatic rings. The van der Waals surface area contributed by atoms with Crippen molar-refractivity contribution in [2.24, 2.45) is 5.11 Å². The van der Waals surface area contributed by atoms with Gasteiger partial charge in [-0.2, -0.15) is 0 Å². The van der Waals surface area contributed by atoms with Gasteiger partial charge in [0.25, 0.3) is 0 Å². The van der Waals surface area contributed by atoms with E-state index in [-0.39, 0.29) is 19.0 Å². The molecule has 1 fully saturated rings. The van der Waals surface area contributed by atoms with Gasteiger partial charge in [-0.25, -0.2) is 4.79 Å². The van der Waals surface area contributed by atoms with Crippen molar-refractivity contribution in [3.05, 3.63) is 34.2 Å². The maximum atomic E-state index is 12.2. The Bertz CT molecular complexity index is 688. The van der Waals surface area contributed by atoms with Crippen molar-refractivity contribution in [1.82, 2.24) is 10.2 Å². The van der Waals surface area contributed by atoms with E-state index in [9.17, 15) is 9.59 Å². The summed E-state index contributed by atoms with van der Waals surface area (Å²) in [7, 11) is 3.04. The van der Waals surface area contributed by atoms with E-state index in [0.717, 1.165) is 5.56 Å². The van der Waals surface area contributed by atoms with E-state index in [0.29, 0.717) is 11.5 Å². The molecule has 0 aliphatic carbocycles. The average molecular weight is 335 g/mol. The predicted molar refractivity (Wildman–Crippen MR) is 82.8 cm³/mol. The normalized spacial score (nSPS) is 19.1. The number of ether oxygens (including phenoxy) is 2. The van der Waals surface area contributed by atoms with Gasteiger partial charge in [0.15, 0.2) is 0 Å². The molecule has 1 aromatic carbocycles. The van der Waals surface area contributed by atoms with Crippen molar-refractivity contribution in [1.29, 1.82) is 0 Å². The van der Waals surface area contributed by atoms with Gasteiger partial charge in [0.1, 0.15) is 17.5 Å². The number of azide groups is 1. The summed E-state index contributed by atoms with van der Waals surface area (Å²) in [5, 5.41) is 14.4. The number of likely N-dealkylation sites (tertiary alicyclic amines) is 1. The van der Waals surface area contributed by atoms with E-state index in [1.54, 1.807) is 18.2 Å². The van der Waals surface area contributed by atoms with Crippen LogP contribution in [0.3, 0.4) is 0 Å². The molecule has 1 heterocycles. The zero-order valence-electron chi connectivity index (χ0n) is 13.2. The summed E-state index contributed by atoms with van der Waals surface area (Å²) in [4.78, 5) is 27.1. The van der Waals surface area contributed by atoms with Gasteiger partial charge in [-0.15, -0.1) is 0 Å². The third-order valence-electron chi connectivity index (χ3n) is 3.78. The zero-order chi connectivity index (χ0) is 17.7. The van der Waals surface area contributed by atoms with Gasteiger partial charge in [0.05, 0.1) is 20.3 Å². The van der Waals surface area contributed by atoms with Crippen LogP contribution in [0.5, 0.6) is 11.5 Å². The van der Waals surface area contributed by atoms with E-state index in [1.807, 2.05) is 0 Å². The number of nitrogens with one attached hydrogen (secondary N) is 1. The minimum Gasteiger partial charge on any atom is -0.497 e. The molecule has 2 atom stereocenters. The minimum atomic E-state index is -1.30.